The lowest BCUT2D eigenvalue weighted by molar-refractivity contribution is -0.202. The fourth-order valence-electron chi connectivity index (χ4n) is 7.01. The normalized spacial score (nSPS) is 21.5. The molecular formula is C41H55ClN6O12Si. The summed E-state index contributed by atoms with van der Waals surface area (Å²) in [4.78, 5) is 32.8. The molecule has 0 spiro atoms. The minimum atomic E-state index is -1.32. The van der Waals surface area contributed by atoms with Crippen molar-refractivity contribution >= 4 is 42.7 Å². The Hall–Kier alpha value is -4.18. The van der Waals surface area contributed by atoms with E-state index in [1.54, 1.807) is 0 Å². The van der Waals surface area contributed by atoms with Gasteiger partial charge in [-0.15, -0.1) is 0 Å². The SMILES string of the molecule is C[Si](C)(C)CCOCn1c(O[C@@H]2CO[C@H]3[C@@H]2OC[C@H]3OC2CCCCO2)nc2nc(-c3ccc(OCCNC(=O)COCCOCCn4cc(C(=O)O)cn4)cc3)c(Cl)cc21. The molecule has 1 amide bonds. The van der Waals surface area contributed by atoms with Gasteiger partial charge in [-0.25, -0.2) is 9.78 Å². The standard InChI is InChI=1S/C41H55ClN6O12Si/c1-61(2,3)19-18-54-26-48-31-20-30(42)36(45-39(31)46-41(48)60-33-24-58-37-32(23-57-38(33)37)59-35-6-4-5-13-56-35)27-7-9-29(10-8-27)55-14-11-43-34(49)25-53-17-16-52-15-12-47-22-28(21-44-47)40(50)51/h7-10,20-22,32-33,35,37-38H,4-6,11-19,23-26H2,1-3H3,(H,43,49)(H,50,51)/t32-,33-,35?,37-,38-/m1/s1. The van der Waals surface area contributed by atoms with Crippen LogP contribution in [-0.2, 0) is 51.2 Å². The van der Waals surface area contributed by atoms with Gasteiger partial charge in [0, 0.05) is 33.0 Å². The van der Waals surface area contributed by atoms with Crippen LogP contribution >= 0.6 is 11.6 Å². The van der Waals surface area contributed by atoms with Crippen LogP contribution in [0, 0.1) is 0 Å². The number of carboxylic acid groups (broad SMARTS) is 1. The van der Waals surface area contributed by atoms with E-state index in [9.17, 15) is 9.59 Å². The maximum absolute atomic E-state index is 12.2. The number of rotatable bonds is 23. The van der Waals surface area contributed by atoms with Crippen molar-refractivity contribution in [1.82, 2.24) is 29.6 Å². The average Bonchev–Trinajstić information content (AvgIpc) is 4.04. The number of nitrogens with zero attached hydrogens (tertiary/aromatic N) is 5. The number of halogens is 1. The highest BCUT2D eigenvalue weighted by Crippen LogP contribution is 2.36. The van der Waals surface area contributed by atoms with Gasteiger partial charge in [-0.2, -0.15) is 10.1 Å². The number of carboxylic acids is 1. The number of hydrogen-bond acceptors (Lipinski definition) is 14. The molecule has 2 N–H and O–H groups in total. The van der Waals surface area contributed by atoms with Gasteiger partial charge in [0.2, 0.25) is 5.91 Å². The van der Waals surface area contributed by atoms with E-state index < -0.39 is 20.1 Å². The van der Waals surface area contributed by atoms with Gasteiger partial charge in [-0.1, -0.05) is 31.2 Å². The van der Waals surface area contributed by atoms with Gasteiger partial charge in [0.25, 0.3) is 0 Å². The summed E-state index contributed by atoms with van der Waals surface area (Å²) >= 11 is 6.90. The van der Waals surface area contributed by atoms with Crippen molar-refractivity contribution in [2.45, 2.75) is 88.9 Å². The molecule has 3 saturated heterocycles. The highest BCUT2D eigenvalue weighted by molar-refractivity contribution is 6.76. The van der Waals surface area contributed by atoms with E-state index in [0.717, 1.165) is 30.9 Å². The van der Waals surface area contributed by atoms with Crippen molar-refractivity contribution in [1.29, 1.82) is 0 Å². The molecular weight excluding hydrogens is 832 g/mol. The number of carbonyl (C=O) groups is 2. The van der Waals surface area contributed by atoms with E-state index in [2.05, 4.69) is 30.1 Å². The van der Waals surface area contributed by atoms with Crippen molar-refractivity contribution < 1.29 is 57.3 Å². The van der Waals surface area contributed by atoms with Crippen LogP contribution in [0.3, 0.4) is 0 Å². The van der Waals surface area contributed by atoms with Crippen molar-refractivity contribution in [3.63, 3.8) is 0 Å². The van der Waals surface area contributed by atoms with Crippen LogP contribution in [0.4, 0.5) is 0 Å². The molecule has 6 heterocycles. The Bertz CT molecular complexity index is 2060. The highest BCUT2D eigenvalue weighted by atomic mass is 35.5. The van der Waals surface area contributed by atoms with Gasteiger partial charge in [0.15, 0.2) is 18.0 Å². The molecule has 3 aliphatic heterocycles. The van der Waals surface area contributed by atoms with Crippen LogP contribution in [0.2, 0.25) is 30.7 Å². The minimum Gasteiger partial charge on any atom is -0.492 e. The number of hydrogen-bond donors (Lipinski definition) is 2. The first kappa shape index (κ1) is 44.9. The van der Waals surface area contributed by atoms with Crippen LogP contribution in [-0.4, -0.2) is 146 Å². The lowest BCUT2D eigenvalue weighted by Crippen LogP contribution is -2.38. The summed E-state index contributed by atoms with van der Waals surface area (Å²) < 4.78 is 57.1. The Morgan fingerprint density at radius 3 is 2.49 bits per heavy atom. The summed E-state index contributed by atoms with van der Waals surface area (Å²) in [5.74, 6) is -0.703. The minimum absolute atomic E-state index is 0.116. The predicted octanol–water partition coefficient (Wildman–Crippen LogP) is 4.64. The lowest BCUT2D eigenvalue weighted by atomic mass is 10.1. The highest BCUT2D eigenvalue weighted by Gasteiger charge is 2.50. The molecule has 7 rings (SSSR count). The molecule has 0 radical (unpaired) electrons. The fraction of sp³-hybridized carbons (Fsp3) is 0.585. The van der Waals surface area contributed by atoms with Gasteiger partial charge in [-0.3, -0.25) is 14.0 Å². The number of amides is 1. The third-order valence-electron chi connectivity index (χ3n) is 10.3. The fourth-order valence-corrected chi connectivity index (χ4v) is 8.02. The zero-order chi connectivity index (χ0) is 42.8. The number of imidazole rings is 1. The Kier molecular flexibility index (Phi) is 15.6. The maximum Gasteiger partial charge on any atom is 0.338 e. The third-order valence-corrected chi connectivity index (χ3v) is 12.3. The van der Waals surface area contributed by atoms with Gasteiger partial charge in [0.05, 0.1) is 74.1 Å². The van der Waals surface area contributed by atoms with E-state index >= 15 is 0 Å². The first-order valence-electron chi connectivity index (χ1n) is 20.7. The quantitative estimate of drug-likeness (QED) is 0.0771. The molecule has 3 aliphatic rings. The molecule has 61 heavy (non-hydrogen) atoms. The molecule has 0 saturated carbocycles. The number of benzene rings is 1. The second-order valence-corrected chi connectivity index (χ2v) is 22.3. The molecule has 3 fully saturated rings. The maximum atomic E-state index is 12.2. The molecule has 1 aromatic carbocycles. The number of nitrogens with one attached hydrogen (secondary N) is 1. The molecule has 3 aromatic heterocycles. The third kappa shape index (κ3) is 12.5. The van der Waals surface area contributed by atoms with Gasteiger partial charge in [-0.05, 0) is 55.6 Å². The lowest BCUT2D eigenvalue weighted by Gasteiger charge is -2.27. The molecule has 20 heteroatoms. The Labute approximate surface area is 360 Å². The number of fused-ring (bicyclic) bond motifs is 2. The molecule has 0 bridgehead atoms. The Balaban J connectivity index is 0.892. The van der Waals surface area contributed by atoms with Gasteiger partial charge >= 0.3 is 12.0 Å². The average molecular weight is 887 g/mol. The summed E-state index contributed by atoms with van der Waals surface area (Å²) in [5.41, 5.74) is 2.57. The van der Waals surface area contributed by atoms with Crippen molar-refractivity contribution in [2.75, 3.05) is 66.0 Å². The first-order valence-corrected chi connectivity index (χ1v) is 24.8. The molecule has 0 aliphatic carbocycles. The van der Waals surface area contributed by atoms with Gasteiger partial charge < -0.3 is 53.1 Å². The number of aromatic nitrogens is 5. The predicted molar refractivity (Wildman–Crippen MR) is 224 cm³/mol. The van der Waals surface area contributed by atoms with Gasteiger partial charge in [0.1, 0.15) is 44.0 Å². The summed E-state index contributed by atoms with van der Waals surface area (Å²) in [6.45, 7) is 10.8. The summed E-state index contributed by atoms with van der Waals surface area (Å²) in [5, 5.41) is 16.1. The number of pyridine rings is 1. The largest absolute Gasteiger partial charge is 0.492 e. The van der Waals surface area contributed by atoms with E-state index in [-0.39, 0.29) is 75.8 Å². The van der Waals surface area contributed by atoms with Crippen LogP contribution < -0.4 is 14.8 Å². The van der Waals surface area contributed by atoms with Crippen LogP contribution in [0.15, 0.2) is 42.7 Å². The van der Waals surface area contributed by atoms with Crippen LogP contribution in [0.5, 0.6) is 11.8 Å². The van der Waals surface area contributed by atoms with Crippen LogP contribution in [0.25, 0.3) is 22.4 Å². The summed E-state index contributed by atoms with van der Waals surface area (Å²) in [6.07, 6.45) is 4.22. The summed E-state index contributed by atoms with van der Waals surface area (Å²) in [6, 6.07) is 10.5. The molecule has 332 valence electrons. The van der Waals surface area contributed by atoms with E-state index in [1.807, 2.05) is 34.9 Å². The molecule has 1 unspecified atom stereocenters. The second kappa shape index (κ2) is 21.3. The van der Waals surface area contributed by atoms with Crippen molar-refractivity contribution in [2.24, 2.45) is 0 Å². The number of aromatic carboxylic acids is 1. The van der Waals surface area contributed by atoms with Crippen molar-refractivity contribution in [3.8, 4) is 23.0 Å². The zero-order valence-corrected chi connectivity index (χ0v) is 36.5. The number of ether oxygens (including phenoxy) is 9. The summed E-state index contributed by atoms with van der Waals surface area (Å²) in [7, 11) is -1.32. The Morgan fingerprint density at radius 2 is 1.74 bits per heavy atom. The second-order valence-electron chi connectivity index (χ2n) is 16.2. The van der Waals surface area contributed by atoms with Crippen molar-refractivity contribution in [3.05, 3.63) is 53.3 Å². The smallest absolute Gasteiger partial charge is 0.338 e. The number of carbonyl (C=O) groups excluding carboxylic acids is 1. The molecule has 5 atom stereocenters. The first-order chi connectivity index (χ1) is 29.5. The molecule has 18 nitrogen and oxygen atoms in total. The van der Waals surface area contributed by atoms with E-state index in [1.165, 1.54) is 17.1 Å². The monoisotopic (exact) mass is 886 g/mol. The molecule has 4 aromatic rings. The topological polar surface area (TPSA) is 198 Å². The Morgan fingerprint density at radius 1 is 0.951 bits per heavy atom. The zero-order valence-electron chi connectivity index (χ0n) is 34.8. The van der Waals surface area contributed by atoms with E-state index in [0.29, 0.717) is 73.2 Å². The van der Waals surface area contributed by atoms with Crippen LogP contribution in [0.1, 0.15) is 29.6 Å². The van der Waals surface area contributed by atoms with E-state index in [4.69, 9.17) is 69.3 Å².